The summed E-state index contributed by atoms with van der Waals surface area (Å²) in [4.78, 5) is 27.9. The van der Waals surface area contributed by atoms with Crippen LogP contribution in [0.15, 0.2) is 45.6 Å². The van der Waals surface area contributed by atoms with E-state index in [9.17, 15) is 14.0 Å². The van der Waals surface area contributed by atoms with Crippen molar-refractivity contribution < 1.29 is 27.8 Å². The van der Waals surface area contributed by atoms with Gasteiger partial charge in [-0.05, 0) is 35.9 Å². The maximum Gasteiger partial charge on any atom is 0.290 e. The first-order chi connectivity index (χ1) is 14.5. The number of methoxy groups -OCH3 is 3. The minimum absolute atomic E-state index is 0.0463. The first-order valence-corrected chi connectivity index (χ1v) is 9.28. The van der Waals surface area contributed by atoms with Gasteiger partial charge in [0, 0.05) is 13.7 Å². The average Bonchev–Trinajstić information content (AvgIpc) is 3.04. The van der Waals surface area contributed by atoms with E-state index in [1.165, 1.54) is 38.4 Å². The van der Waals surface area contributed by atoms with Crippen LogP contribution in [0.25, 0.3) is 11.0 Å². The van der Waals surface area contributed by atoms with Gasteiger partial charge in [0.05, 0.1) is 37.8 Å². The molecule has 7 nitrogen and oxygen atoms in total. The van der Waals surface area contributed by atoms with Crippen LogP contribution in [0, 0.1) is 5.82 Å². The van der Waals surface area contributed by atoms with E-state index in [0.29, 0.717) is 17.1 Å². The molecule has 0 bridgehead atoms. The summed E-state index contributed by atoms with van der Waals surface area (Å²) < 4.78 is 35.4. The largest absolute Gasteiger partial charge is 0.493 e. The molecule has 2 heterocycles. The molecule has 1 aromatic heterocycles. The van der Waals surface area contributed by atoms with Crippen LogP contribution in [-0.2, 0) is 4.74 Å². The molecule has 0 radical (unpaired) electrons. The molecule has 1 aliphatic rings. The van der Waals surface area contributed by atoms with Crippen molar-refractivity contribution in [2.75, 3.05) is 34.5 Å². The van der Waals surface area contributed by atoms with Gasteiger partial charge in [-0.15, -0.1) is 0 Å². The summed E-state index contributed by atoms with van der Waals surface area (Å²) >= 11 is 0. The zero-order chi connectivity index (χ0) is 21.4. The van der Waals surface area contributed by atoms with Crippen LogP contribution in [0.3, 0.4) is 0 Å². The van der Waals surface area contributed by atoms with Gasteiger partial charge in [-0.3, -0.25) is 9.59 Å². The predicted molar refractivity (Wildman–Crippen MR) is 107 cm³/mol. The Morgan fingerprint density at radius 1 is 1.03 bits per heavy atom. The van der Waals surface area contributed by atoms with Gasteiger partial charge in [-0.1, -0.05) is 6.07 Å². The molecule has 0 saturated heterocycles. The van der Waals surface area contributed by atoms with E-state index in [2.05, 4.69) is 0 Å². The smallest absolute Gasteiger partial charge is 0.290 e. The molecule has 156 valence electrons. The van der Waals surface area contributed by atoms with Gasteiger partial charge < -0.3 is 23.5 Å². The molecule has 1 unspecified atom stereocenters. The van der Waals surface area contributed by atoms with Crippen molar-refractivity contribution in [1.82, 2.24) is 4.90 Å². The molecule has 0 N–H and O–H groups in total. The maximum absolute atomic E-state index is 13.8. The molecule has 0 fully saturated rings. The molecule has 30 heavy (non-hydrogen) atoms. The maximum atomic E-state index is 13.8. The monoisotopic (exact) mass is 413 g/mol. The van der Waals surface area contributed by atoms with Crippen LogP contribution in [0.4, 0.5) is 4.39 Å². The van der Waals surface area contributed by atoms with E-state index in [0.717, 1.165) is 6.07 Å². The van der Waals surface area contributed by atoms with E-state index in [1.54, 1.807) is 18.2 Å². The van der Waals surface area contributed by atoms with Gasteiger partial charge in [0.15, 0.2) is 16.9 Å². The van der Waals surface area contributed by atoms with Gasteiger partial charge in [-0.2, -0.15) is 0 Å². The van der Waals surface area contributed by atoms with E-state index in [-0.39, 0.29) is 35.4 Å². The number of carbonyl (C=O) groups is 1. The fourth-order valence-corrected chi connectivity index (χ4v) is 3.78. The first-order valence-electron chi connectivity index (χ1n) is 9.28. The van der Waals surface area contributed by atoms with E-state index in [4.69, 9.17) is 18.6 Å². The number of hydrogen-bond acceptors (Lipinski definition) is 6. The molecule has 1 atom stereocenters. The van der Waals surface area contributed by atoms with Crippen molar-refractivity contribution in [2.24, 2.45) is 0 Å². The molecular weight excluding hydrogens is 393 g/mol. The van der Waals surface area contributed by atoms with E-state index < -0.39 is 23.2 Å². The third-order valence-corrected chi connectivity index (χ3v) is 5.19. The molecule has 1 aliphatic heterocycles. The number of hydrogen-bond donors (Lipinski definition) is 0. The molecular formula is C22H20FNO6. The molecule has 0 spiro atoms. The molecule has 4 rings (SSSR count). The minimum Gasteiger partial charge on any atom is -0.493 e. The van der Waals surface area contributed by atoms with Gasteiger partial charge in [0.1, 0.15) is 11.4 Å². The Bertz CT molecular complexity index is 1190. The molecule has 3 aromatic rings. The zero-order valence-corrected chi connectivity index (χ0v) is 16.7. The average molecular weight is 413 g/mol. The first kappa shape index (κ1) is 19.9. The van der Waals surface area contributed by atoms with Crippen molar-refractivity contribution in [3.63, 3.8) is 0 Å². The van der Waals surface area contributed by atoms with Crippen LogP contribution in [0.1, 0.15) is 27.7 Å². The molecule has 0 saturated carbocycles. The summed E-state index contributed by atoms with van der Waals surface area (Å²) in [6.45, 7) is 0.508. The van der Waals surface area contributed by atoms with Crippen LogP contribution < -0.4 is 14.9 Å². The summed E-state index contributed by atoms with van der Waals surface area (Å²) in [6, 6.07) is 8.09. The van der Waals surface area contributed by atoms with Crippen LogP contribution in [-0.4, -0.2) is 45.3 Å². The second kappa shape index (κ2) is 7.79. The summed E-state index contributed by atoms with van der Waals surface area (Å²) in [5.41, 5.74) is 0.521. The van der Waals surface area contributed by atoms with Crippen LogP contribution in [0.2, 0.25) is 0 Å². The number of nitrogens with zero attached hydrogens (tertiary/aromatic N) is 1. The van der Waals surface area contributed by atoms with Crippen molar-refractivity contribution >= 4 is 16.9 Å². The summed E-state index contributed by atoms with van der Waals surface area (Å²) in [7, 11) is 4.55. The summed E-state index contributed by atoms with van der Waals surface area (Å²) in [6.07, 6.45) is 0. The molecule has 8 heteroatoms. The van der Waals surface area contributed by atoms with Gasteiger partial charge in [-0.25, -0.2) is 4.39 Å². The minimum atomic E-state index is -0.730. The Balaban J connectivity index is 1.96. The summed E-state index contributed by atoms with van der Waals surface area (Å²) in [5.74, 6) is -0.0567. The third-order valence-electron chi connectivity index (χ3n) is 5.19. The van der Waals surface area contributed by atoms with Crippen molar-refractivity contribution in [3.05, 3.63) is 69.3 Å². The topological polar surface area (TPSA) is 78.2 Å². The predicted octanol–water partition coefficient (Wildman–Crippen LogP) is 3.14. The highest BCUT2D eigenvalue weighted by Crippen LogP contribution is 2.40. The lowest BCUT2D eigenvalue weighted by Crippen LogP contribution is -2.32. The Hall–Kier alpha value is -3.39. The third kappa shape index (κ3) is 3.09. The highest BCUT2D eigenvalue weighted by molar-refractivity contribution is 5.99. The lowest BCUT2D eigenvalue weighted by molar-refractivity contribution is 0.0663. The van der Waals surface area contributed by atoms with Crippen molar-refractivity contribution in [1.29, 1.82) is 0 Å². The number of halogens is 1. The number of fused-ring (bicyclic) bond motifs is 2. The van der Waals surface area contributed by atoms with Crippen LogP contribution >= 0.6 is 0 Å². The van der Waals surface area contributed by atoms with Gasteiger partial charge in [0.25, 0.3) is 5.91 Å². The summed E-state index contributed by atoms with van der Waals surface area (Å²) in [5, 5.41) is 0.0839. The molecule has 1 amide bonds. The Kier molecular flexibility index (Phi) is 5.17. The number of carbonyl (C=O) groups excluding carboxylic acids is 1. The lowest BCUT2D eigenvalue weighted by Gasteiger charge is -2.25. The van der Waals surface area contributed by atoms with Crippen LogP contribution in [0.5, 0.6) is 11.5 Å². The second-order valence-electron chi connectivity index (χ2n) is 6.82. The quantitative estimate of drug-likeness (QED) is 0.618. The Morgan fingerprint density at radius 3 is 2.50 bits per heavy atom. The molecule has 0 aliphatic carbocycles. The second-order valence-corrected chi connectivity index (χ2v) is 6.82. The highest BCUT2D eigenvalue weighted by atomic mass is 19.1. The van der Waals surface area contributed by atoms with Crippen molar-refractivity contribution in [3.8, 4) is 11.5 Å². The lowest BCUT2D eigenvalue weighted by atomic mass is 9.98. The van der Waals surface area contributed by atoms with Crippen molar-refractivity contribution in [2.45, 2.75) is 6.04 Å². The Morgan fingerprint density at radius 2 is 1.80 bits per heavy atom. The normalized spacial score (nSPS) is 15.5. The zero-order valence-electron chi connectivity index (χ0n) is 16.7. The van der Waals surface area contributed by atoms with Gasteiger partial charge in [0.2, 0.25) is 5.76 Å². The number of amides is 1. The fraction of sp³-hybridized carbons (Fsp3) is 0.273. The molecule has 2 aromatic carbocycles. The standard InChI is InChI=1S/C22H20FNO6/c1-27-9-8-24-19(12-4-6-16(28-2)17(10-12)29-3)18-20(25)14-11-13(23)5-7-15(14)30-21(18)22(24)26/h4-7,10-11,19H,8-9H2,1-3H3. The van der Waals surface area contributed by atoms with Gasteiger partial charge >= 0.3 is 0 Å². The van der Waals surface area contributed by atoms with E-state index >= 15 is 0 Å². The SMILES string of the molecule is COCCN1C(=O)c2oc3ccc(F)cc3c(=O)c2C1c1ccc(OC)c(OC)c1. The number of ether oxygens (including phenoxy) is 3. The fourth-order valence-electron chi connectivity index (χ4n) is 3.78. The number of benzene rings is 2. The Labute approximate surface area is 171 Å². The number of rotatable bonds is 6. The van der Waals surface area contributed by atoms with E-state index in [1.807, 2.05) is 0 Å². The highest BCUT2D eigenvalue weighted by Gasteiger charge is 2.42.